The van der Waals surface area contributed by atoms with Crippen molar-refractivity contribution in [2.75, 3.05) is 32.7 Å². The average molecular weight is 393 g/mol. The molecule has 28 heavy (non-hydrogen) atoms. The van der Waals surface area contributed by atoms with Gasteiger partial charge in [0, 0.05) is 19.1 Å². The SMILES string of the molecule is CCCCCCCCCCCCC1CCCCN1CC(C)CN1CCCCC1. The minimum absolute atomic E-state index is 0.839. The van der Waals surface area contributed by atoms with Gasteiger partial charge in [-0.05, 0) is 57.7 Å². The van der Waals surface area contributed by atoms with Crippen LogP contribution < -0.4 is 0 Å². The number of nitrogens with zero attached hydrogens (tertiary/aromatic N) is 2. The average Bonchev–Trinajstić information content (AvgIpc) is 2.71. The fraction of sp³-hybridized carbons (Fsp3) is 1.00. The minimum atomic E-state index is 0.839. The van der Waals surface area contributed by atoms with Crippen molar-refractivity contribution in [3.63, 3.8) is 0 Å². The summed E-state index contributed by atoms with van der Waals surface area (Å²) in [5, 5.41) is 0. The van der Waals surface area contributed by atoms with Crippen LogP contribution in [0.4, 0.5) is 0 Å². The largest absolute Gasteiger partial charge is 0.303 e. The summed E-state index contributed by atoms with van der Waals surface area (Å²) in [6, 6.07) is 0.895. The minimum Gasteiger partial charge on any atom is -0.303 e. The van der Waals surface area contributed by atoms with Crippen LogP contribution in [0.25, 0.3) is 0 Å². The highest BCUT2D eigenvalue weighted by atomic mass is 15.2. The Morgan fingerprint density at radius 1 is 0.679 bits per heavy atom. The molecule has 0 aliphatic carbocycles. The molecule has 2 aliphatic rings. The number of likely N-dealkylation sites (tertiary alicyclic amines) is 2. The lowest BCUT2D eigenvalue weighted by molar-refractivity contribution is 0.102. The van der Waals surface area contributed by atoms with Gasteiger partial charge < -0.3 is 9.80 Å². The Balaban J connectivity index is 1.53. The van der Waals surface area contributed by atoms with Crippen LogP contribution in [0.2, 0.25) is 0 Å². The third-order valence-corrected chi connectivity index (χ3v) is 7.20. The van der Waals surface area contributed by atoms with Gasteiger partial charge in [0.05, 0.1) is 0 Å². The van der Waals surface area contributed by atoms with Gasteiger partial charge in [-0.2, -0.15) is 0 Å². The lowest BCUT2D eigenvalue weighted by atomic mass is 9.95. The van der Waals surface area contributed by atoms with Crippen LogP contribution in [0.5, 0.6) is 0 Å². The van der Waals surface area contributed by atoms with E-state index in [4.69, 9.17) is 0 Å². The van der Waals surface area contributed by atoms with Gasteiger partial charge in [-0.15, -0.1) is 0 Å². The maximum Gasteiger partial charge on any atom is 0.00953 e. The predicted molar refractivity (Wildman–Crippen MR) is 125 cm³/mol. The second-order valence-electron chi connectivity index (χ2n) is 10.1. The smallest absolute Gasteiger partial charge is 0.00953 e. The second kappa shape index (κ2) is 15.7. The highest BCUT2D eigenvalue weighted by Crippen LogP contribution is 2.24. The molecule has 2 heteroatoms. The molecule has 0 bridgehead atoms. The highest BCUT2D eigenvalue weighted by Gasteiger charge is 2.24. The molecular formula is C26H52N2. The molecule has 2 nitrogen and oxygen atoms in total. The Kier molecular flexibility index (Phi) is 13.6. The van der Waals surface area contributed by atoms with Crippen molar-refractivity contribution in [2.45, 2.75) is 129 Å². The standard InChI is InChI=1S/C26H52N2/c1-3-4-5-6-7-8-9-10-11-13-18-26-19-14-17-22-28(26)24-25(2)23-27-20-15-12-16-21-27/h25-26H,3-24H2,1-2H3. The van der Waals surface area contributed by atoms with E-state index >= 15 is 0 Å². The molecule has 166 valence electrons. The second-order valence-corrected chi connectivity index (χ2v) is 10.1. The summed E-state index contributed by atoms with van der Waals surface area (Å²) in [6.45, 7) is 11.6. The van der Waals surface area contributed by atoms with Crippen LogP contribution in [-0.4, -0.2) is 48.6 Å². The van der Waals surface area contributed by atoms with E-state index in [2.05, 4.69) is 23.6 Å². The van der Waals surface area contributed by atoms with Crippen molar-refractivity contribution < 1.29 is 0 Å². The molecule has 2 saturated heterocycles. The van der Waals surface area contributed by atoms with E-state index in [0.717, 1.165) is 12.0 Å². The van der Waals surface area contributed by atoms with E-state index in [1.807, 2.05) is 0 Å². The number of rotatable bonds is 15. The molecule has 2 unspecified atom stereocenters. The molecule has 0 aromatic rings. The van der Waals surface area contributed by atoms with E-state index in [1.54, 1.807) is 0 Å². The maximum atomic E-state index is 2.88. The van der Waals surface area contributed by atoms with Crippen molar-refractivity contribution >= 4 is 0 Å². The zero-order chi connectivity index (χ0) is 19.9. The Bertz CT molecular complexity index is 350. The summed E-state index contributed by atoms with van der Waals surface area (Å²) in [4.78, 5) is 5.61. The summed E-state index contributed by atoms with van der Waals surface area (Å²) in [5.41, 5.74) is 0. The monoisotopic (exact) mass is 392 g/mol. The first kappa shape index (κ1) is 24.2. The summed E-state index contributed by atoms with van der Waals surface area (Å²) in [5.74, 6) is 0.839. The van der Waals surface area contributed by atoms with Crippen LogP contribution in [-0.2, 0) is 0 Å². The molecule has 0 spiro atoms. The zero-order valence-electron chi connectivity index (χ0n) is 19.6. The molecule has 0 saturated carbocycles. The van der Waals surface area contributed by atoms with Crippen LogP contribution in [0, 0.1) is 5.92 Å². The van der Waals surface area contributed by atoms with Crippen molar-refractivity contribution in [3.05, 3.63) is 0 Å². The van der Waals surface area contributed by atoms with E-state index in [-0.39, 0.29) is 0 Å². The normalized spacial score (nSPS) is 23.1. The van der Waals surface area contributed by atoms with E-state index < -0.39 is 0 Å². The number of hydrogen-bond acceptors (Lipinski definition) is 2. The van der Waals surface area contributed by atoms with Gasteiger partial charge in [0.25, 0.3) is 0 Å². The first-order valence-electron chi connectivity index (χ1n) is 13.3. The summed E-state index contributed by atoms with van der Waals surface area (Å²) < 4.78 is 0. The Labute approximate surface area is 177 Å². The number of piperidine rings is 2. The molecule has 2 fully saturated rings. The van der Waals surface area contributed by atoms with Crippen molar-refractivity contribution in [1.82, 2.24) is 9.80 Å². The predicted octanol–water partition coefficient (Wildman–Crippen LogP) is 7.27. The molecule has 0 amide bonds. The van der Waals surface area contributed by atoms with Gasteiger partial charge in [-0.25, -0.2) is 0 Å². The summed E-state index contributed by atoms with van der Waals surface area (Å²) in [6.07, 6.45) is 24.8. The molecular weight excluding hydrogens is 340 g/mol. The molecule has 0 N–H and O–H groups in total. The van der Waals surface area contributed by atoms with Gasteiger partial charge in [0.1, 0.15) is 0 Å². The first-order chi connectivity index (χ1) is 13.8. The lowest BCUT2D eigenvalue weighted by Crippen LogP contribution is -2.44. The first-order valence-corrected chi connectivity index (χ1v) is 13.3. The molecule has 0 radical (unpaired) electrons. The van der Waals surface area contributed by atoms with Crippen molar-refractivity contribution in [3.8, 4) is 0 Å². The number of hydrogen-bond donors (Lipinski definition) is 0. The molecule has 2 rings (SSSR count). The van der Waals surface area contributed by atoms with Crippen molar-refractivity contribution in [2.24, 2.45) is 5.92 Å². The fourth-order valence-corrected chi connectivity index (χ4v) is 5.54. The van der Waals surface area contributed by atoms with Gasteiger partial charge in [-0.3, -0.25) is 0 Å². The van der Waals surface area contributed by atoms with E-state index in [9.17, 15) is 0 Å². The van der Waals surface area contributed by atoms with Gasteiger partial charge in [0.15, 0.2) is 0 Å². The fourth-order valence-electron chi connectivity index (χ4n) is 5.54. The molecule has 0 aromatic carbocycles. The highest BCUT2D eigenvalue weighted by molar-refractivity contribution is 4.79. The van der Waals surface area contributed by atoms with Gasteiger partial charge >= 0.3 is 0 Å². The van der Waals surface area contributed by atoms with Crippen LogP contribution in [0.3, 0.4) is 0 Å². The maximum absolute atomic E-state index is 2.88. The van der Waals surface area contributed by atoms with E-state index in [0.29, 0.717) is 0 Å². The van der Waals surface area contributed by atoms with Crippen LogP contribution in [0.1, 0.15) is 123 Å². The molecule has 2 aliphatic heterocycles. The Morgan fingerprint density at radius 2 is 1.29 bits per heavy atom. The van der Waals surface area contributed by atoms with Gasteiger partial charge in [-0.1, -0.05) is 90.9 Å². The Hall–Kier alpha value is -0.0800. The van der Waals surface area contributed by atoms with Crippen LogP contribution >= 0.6 is 0 Å². The molecule has 2 heterocycles. The summed E-state index contributed by atoms with van der Waals surface area (Å²) >= 11 is 0. The summed E-state index contributed by atoms with van der Waals surface area (Å²) in [7, 11) is 0. The third-order valence-electron chi connectivity index (χ3n) is 7.20. The van der Waals surface area contributed by atoms with Gasteiger partial charge in [0.2, 0.25) is 0 Å². The van der Waals surface area contributed by atoms with Crippen LogP contribution in [0.15, 0.2) is 0 Å². The number of unbranched alkanes of at least 4 members (excludes halogenated alkanes) is 9. The zero-order valence-corrected chi connectivity index (χ0v) is 19.6. The lowest BCUT2D eigenvalue weighted by Gasteiger charge is -2.39. The van der Waals surface area contributed by atoms with Crippen molar-refractivity contribution in [1.29, 1.82) is 0 Å². The molecule has 0 aromatic heterocycles. The quantitative estimate of drug-likeness (QED) is 0.270. The third kappa shape index (κ3) is 10.6. The van der Waals surface area contributed by atoms with E-state index in [1.165, 1.54) is 142 Å². The topological polar surface area (TPSA) is 6.48 Å². The molecule has 2 atom stereocenters. The Morgan fingerprint density at radius 3 is 1.96 bits per heavy atom.